The summed E-state index contributed by atoms with van der Waals surface area (Å²) in [5.74, 6) is 0.775. The Kier molecular flexibility index (Phi) is 6.42. The summed E-state index contributed by atoms with van der Waals surface area (Å²) in [6, 6.07) is 31.0. The van der Waals surface area contributed by atoms with Gasteiger partial charge in [-0.15, -0.1) is 0 Å². The molecule has 7 heteroatoms. The van der Waals surface area contributed by atoms with E-state index >= 15 is 0 Å². The molecule has 1 N–H and O–H groups in total. The maximum atomic E-state index is 12.9. The standard InChI is InChI=1S/C26H22N2O4S/c1-28(21-10-4-2-5-11-21)33(30,31)23-18-16-20(17-19-23)26(29)27-24-14-8-9-15-25(24)32-22-12-6-3-7-13-22/h2-19H,1H3,(H,27,29). The highest BCUT2D eigenvalue weighted by molar-refractivity contribution is 7.92. The molecule has 0 saturated heterocycles. The second kappa shape index (κ2) is 9.58. The van der Waals surface area contributed by atoms with Gasteiger partial charge in [0.2, 0.25) is 0 Å². The molecule has 0 heterocycles. The molecule has 0 saturated carbocycles. The van der Waals surface area contributed by atoms with E-state index in [1.165, 1.54) is 35.6 Å². The van der Waals surface area contributed by atoms with E-state index < -0.39 is 10.0 Å². The average molecular weight is 459 g/mol. The lowest BCUT2D eigenvalue weighted by molar-refractivity contribution is 0.102. The van der Waals surface area contributed by atoms with Crippen molar-refractivity contribution < 1.29 is 17.9 Å². The van der Waals surface area contributed by atoms with Crippen LogP contribution in [-0.2, 0) is 10.0 Å². The van der Waals surface area contributed by atoms with E-state index in [0.717, 1.165) is 0 Å². The SMILES string of the molecule is CN(c1ccccc1)S(=O)(=O)c1ccc(C(=O)Nc2ccccc2Oc2ccccc2)cc1. The molecule has 6 nitrogen and oxygen atoms in total. The fraction of sp³-hybridized carbons (Fsp3) is 0.0385. The lowest BCUT2D eigenvalue weighted by atomic mass is 10.2. The molecule has 0 atom stereocenters. The molecule has 33 heavy (non-hydrogen) atoms. The number of nitrogens with zero attached hydrogens (tertiary/aromatic N) is 1. The molecule has 0 aromatic heterocycles. The molecule has 0 unspecified atom stereocenters. The van der Waals surface area contributed by atoms with Crippen LogP contribution in [0.4, 0.5) is 11.4 Å². The summed E-state index contributed by atoms with van der Waals surface area (Å²) in [5.41, 5.74) is 1.38. The van der Waals surface area contributed by atoms with Crippen molar-refractivity contribution in [3.05, 3.63) is 115 Å². The topological polar surface area (TPSA) is 75.7 Å². The predicted molar refractivity (Wildman–Crippen MR) is 129 cm³/mol. The molecular weight excluding hydrogens is 436 g/mol. The maximum Gasteiger partial charge on any atom is 0.264 e. The molecule has 4 rings (SSSR count). The van der Waals surface area contributed by atoms with Gasteiger partial charge in [0.15, 0.2) is 5.75 Å². The van der Waals surface area contributed by atoms with E-state index in [-0.39, 0.29) is 10.8 Å². The monoisotopic (exact) mass is 458 g/mol. The van der Waals surface area contributed by atoms with Crippen molar-refractivity contribution in [2.75, 3.05) is 16.7 Å². The fourth-order valence-electron chi connectivity index (χ4n) is 3.18. The van der Waals surface area contributed by atoms with Crippen LogP contribution >= 0.6 is 0 Å². The van der Waals surface area contributed by atoms with Gasteiger partial charge in [-0.1, -0.05) is 48.5 Å². The first kappa shape index (κ1) is 22.1. The minimum Gasteiger partial charge on any atom is -0.455 e. The van der Waals surface area contributed by atoms with Crippen LogP contribution in [-0.4, -0.2) is 21.4 Å². The lowest BCUT2D eigenvalue weighted by Crippen LogP contribution is -2.26. The van der Waals surface area contributed by atoms with E-state index in [1.807, 2.05) is 42.5 Å². The maximum absolute atomic E-state index is 12.9. The molecule has 4 aromatic carbocycles. The number of para-hydroxylation sites is 4. The fourth-order valence-corrected chi connectivity index (χ4v) is 4.38. The molecule has 166 valence electrons. The van der Waals surface area contributed by atoms with Crippen molar-refractivity contribution in [2.24, 2.45) is 0 Å². The van der Waals surface area contributed by atoms with Crippen molar-refractivity contribution in [2.45, 2.75) is 4.90 Å². The normalized spacial score (nSPS) is 10.9. The van der Waals surface area contributed by atoms with Crippen LogP contribution in [0.3, 0.4) is 0 Å². The van der Waals surface area contributed by atoms with E-state index in [0.29, 0.717) is 28.4 Å². The molecule has 4 aromatic rings. The van der Waals surface area contributed by atoms with Gasteiger partial charge in [0.05, 0.1) is 16.3 Å². The van der Waals surface area contributed by atoms with Crippen LogP contribution < -0.4 is 14.4 Å². The Labute approximate surface area is 193 Å². The summed E-state index contributed by atoms with van der Waals surface area (Å²) < 4.78 is 33.0. The van der Waals surface area contributed by atoms with Crippen LogP contribution in [0, 0.1) is 0 Å². The van der Waals surface area contributed by atoms with Gasteiger partial charge in [0.25, 0.3) is 15.9 Å². The Morgan fingerprint density at radius 3 is 2.00 bits per heavy atom. The molecular formula is C26H22N2O4S. The number of rotatable bonds is 7. The largest absolute Gasteiger partial charge is 0.455 e. The number of hydrogen-bond donors (Lipinski definition) is 1. The highest BCUT2D eigenvalue weighted by atomic mass is 32.2. The number of ether oxygens (including phenoxy) is 1. The number of carbonyl (C=O) groups excluding carboxylic acids is 1. The highest BCUT2D eigenvalue weighted by Crippen LogP contribution is 2.29. The molecule has 0 bridgehead atoms. The second-order valence-electron chi connectivity index (χ2n) is 7.20. The summed E-state index contributed by atoms with van der Waals surface area (Å²) in [4.78, 5) is 12.9. The number of benzene rings is 4. The third-order valence-corrected chi connectivity index (χ3v) is 6.80. The molecule has 1 amide bonds. The zero-order valence-corrected chi connectivity index (χ0v) is 18.7. The summed E-state index contributed by atoms with van der Waals surface area (Å²) in [6.45, 7) is 0. The summed E-state index contributed by atoms with van der Waals surface area (Å²) in [7, 11) is -2.26. The van der Waals surface area contributed by atoms with Gasteiger partial charge in [-0.05, 0) is 60.7 Å². The summed E-state index contributed by atoms with van der Waals surface area (Å²) in [6.07, 6.45) is 0. The lowest BCUT2D eigenvalue weighted by Gasteiger charge is -2.19. The smallest absolute Gasteiger partial charge is 0.264 e. The Hall–Kier alpha value is -4.10. The van der Waals surface area contributed by atoms with Gasteiger partial charge < -0.3 is 10.1 Å². The number of anilines is 2. The summed E-state index contributed by atoms with van der Waals surface area (Å²) >= 11 is 0. The number of carbonyl (C=O) groups is 1. The van der Waals surface area contributed by atoms with Crippen molar-refractivity contribution in [3.8, 4) is 11.5 Å². The minimum absolute atomic E-state index is 0.0956. The van der Waals surface area contributed by atoms with Crippen LogP contribution in [0.25, 0.3) is 0 Å². The molecule has 0 aliphatic rings. The van der Waals surface area contributed by atoms with Crippen LogP contribution in [0.1, 0.15) is 10.4 Å². The highest BCUT2D eigenvalue weighted by Gasteiger charge is 2.21. The quantitative estimate of drug-likeness (QED) is 0.394. The Morgan fingerprint density at radius 2 is 1.33 bits per heavy atom. The number of sulfonamides is 1. The van der Waals surface area contributed by atoms with E-state index in [4.69, 9.17) is 4.74 Å². The first-order chi connectivity index (χ1) is 15.9. The Bertz CT molecular complexity index is 1340. The van der Waals surface area contributed by atoms with Gasteiger partial charge in [0, 0.05) is 12.6 Å². The molecule has 0 aliphatic heterocycles. The summed E-state index contributed by atoms with van der Waals surface area (Å²) in [5, 5.41) is 2.83. The Balaban J connectivity index is 1.51. The third kappa shape index (κ3) is 5.05. The molecule has 0 spiro atoms. The van der Waals surface area contributed by atoms with Gasteiger partial charge >= 0.3 is 0 Å². The van der Waals surface area contributed by atoms with Gasteiger partial charge in [-0.3, -0.25) is 9.10 Å². The van der Waals surface area contributed by atoms with Crippen molar-refractivity contribution in [3.63, 3.8) is 0 Å². The number of hydrogen-bond acceptors (Lipinski definition) is 4. The van der Waals surface area contributed by atoms with Crippen LogP contribution in [0.15, 0.2) is 114 Å². The van der Waals surface area contributed by atoms with Crippen molar-refractivity contribution in [1.82, 2.24) is 0 Å². The minimum atomic E-state index is -3.75. The molecule has 0 aliphatic carbocycles. The van der Waals surface area contributed by atoms with Crippen molar-refractivity contribution in [1.29, 1.82) is 0 Å². The third-order valence-electron chi connectivity index (χ3n) is 5.00. The first-order valence-electron chi connectivity index (χ1n) is 10.2. The zero-order valence-electron chi connectivity index (χ0n) is 17.9. The Morgan fingerprint density at radius 1 is 0.758 bits per heavy atom. The first-order valence-corrected chi connectivity index (χ1v) is 11.7. The second-order valence-corrected chi connectivity index (χ2v) is 9.17. The van der Waals surface area contributed by atoms with E-state index in [1.54, 1.807) is 42.5 Å². The number of nitrogens with one attached hydrogen (secondary N) is 1. The van der Waals surface area contributed by atoms with E-state index in [2.05, 4.69) is 5.32 Å². The van der Waals surface area contributed by atoms with Gasteiger partial charge in [-0.2, -0.15) is 0 Å². The van der Waals surface area contributed by atoms with Crippen LogP contribution in [0.2, 0.25) is 0 Å². The van der Waals surface area contributed by atoms with Gasteiger partial charge in [0.1, 0.15) is 5.75 Å². The van der Waals surface area contributed by atoms with E-state index in [9.17, 15) is 13.2 Å². The van der Waals surface area contributed by atoms with Crippen molar-refractivity contribution >= 4 is 27.3 Å². The van der Waals surface area contributed by atoms with Crippen LogP contribution in [0.5, 0.6) is 11.5 Å². The number of amides is 1. The predicted octanol–water partition coefficient (Wildman–Crippen LogP) is 5.56. The van der Waals surface area contributed by atoms with Gasteiger partial charge in [-0.25, -0.2) is 8.42 Å². The average Bonchev–Trinajstić information content (AvgIpc) is 2.86. The molecule has 0 fully saturated rings. The zero-order chi connectivity index (χ0) is 23.3. The molecule has 0 radical (unpaired) electrons.